The molecule has 2 rings (SSSR count). The summed E-state index contributed by atoms with van der Waals surface area (Å²) in [6.07, 6.45) is 0. The van der Waals surface area contributed by atoms with E-state index in [1.54, 1.807) is 6.07 Å². The summed E-state index contributed by atoms with van der Waals surface area (Å²) in [5, 5.41) is 8.91. The lowest BCUT2D eigenvalue weighted by Gasteiger charge is -2.20. The van der Waals surface area contributed by atoms with Crippen LogP contribution in [0, 0.1) is 18.3 Å². The second-order valence-electron chi connectivity index (χ2n) is 6.33. The first-order valence-corrected chi connectivity index (χ1v) is 7.13. The third-order valence-electron chi connectivity index (χ3n) is 3.49. The van der Waals surface area contributed by atoms with E-state index < -0.39 is 0 Å². The fourth-order valence-electron chi connectivity index (χ4n) is 2.17. The third-order valence-corrected chi connectivity index (χ3v) is 3.49. The van der Waals surface area contributed by atoms with Crippen molar-refractivity contribution in [3.63, 3.8) is 0 Å². The Bertz CT molecular complexity index is 675. The van der Waals surface area contributed by atoms with E-state index in [9.17, 15) is 0 Å². The van der Waals surface area contributed by atoms with E-state index in [4.69, 9.17) is 10.00 Å². The Balaban J connectivity index is 2.12. The minimum absolute atomic E-state index is 0.143. The van der Waals surface area contributed by atoms with Crippen molar-refractivity contribution in [2.24, 2.45) is 0 Å². The zero-order chi connectivity index (χ0) is 15.5. The van der Waals surface area contributed by atoms with Gasteiger partial charge in [-0.2, -0.15) is 5.26 Å². The standard InChI is InChI=1S/C19H21NO/c1-14-10-17(19(2,3)4)8-9-18(14)21-13-16-7-5-6-15(11-16)12-20/h5-11H,13H2,1-4H3. The van der Waals surface area contributed by atoms with Crippen molar-refractivity contribution < 1.29 is 4.74 Å². The molecule has 0 radical (unpaired) electrons. The average molecular weight is 279 g/mol. The molecule has 0 aliphatic heterocycles. The lowest BCUT2D eigenvalue weighted by molar-refractivity contribution is 0.304. The largest absolute Gasteiger partial charge is 0.489 e. The first kappa shape index (κ1) is 15.1. The van der Waals surface area contributed by atoms with Crippen LogP contribution in [0.15, 0.2) is 42.5 Å². The molecule has 0 saturated heterocycles. The molecule has 0 unspecified atom stereocenters. The Hall–Kier alpha value is -2.27. The van der Waals surface area contributed by atoms with Crippen LogP contribution in [0.2, 0.25) is 0 Å². The van der Waals surface area contributed by atoms with E-state index in [-0.39, 0.29) is 5.41 Å². The van der Waals surface area contributed by atoms with Gasteiger partial charge in [0.1, 0.15) is 12.4 Å². The highest BCUT2D eigenvalue weighted by Gasteiger charge is 2.14. The molecule has 0 saturated carbocycles. The zero-order valence-corrected chi connectivity index (χ0v) is 13.1. The molecular weight excluding hydrogens is 258 g/mol. The molecule has 0 fully saturated rings. The van der Waals surface area contributed by atoms with E-state index in [1.165, 1.54) is 5.56 Å². The molecule has 0 aliphatic rings. The van der Waals surface area contributed by atoms with Gasteiger partial charge < -0.3 is 4.74 Å². The van der Waals surface area contributed by atoms with Gasteiger partial charge in [0.2, 0.25) is 0 Å². The number of hydrogen-bond acceptors (Lipinski definition) is 2. The lowest BCUT2D eigenvalue weighted by Crippen LogP contribution is -2.11. The third kappa shape index (κ3) is 3.86. The van der Waals surface area contributed by atoms with Crippen LogP contribution in [0.5, 0.6) is 5.75 Å². The van der Waals surface area contributed by atoms with Crippen LogP contribution in [0.3, 0.4) is 0 Å². The Morgan fingerprint density at radius 1 is 1.10 bits per heavy atom. The van der Waals surface area contributed by atoms with Crippen molar-refractivity contribution >= 4 is 0 Å². The maximum absolute atomic E-state index is 8.91. The van der Waals surface area contributed by atoms with Gasteiger partial charge in [-0.3, -0.25) is 0 Å². The topological polar surface area (TPSA) is 33.0 Å². The second-order valence-corrected chi connectivity index (χ2v) is 6.33. The zero-order valence-electron chi connectivity index (χ0n) is 13.1. The summed E-state index contributed by atoms with van der Waals surface area (Å²) in [5.41, 5.74) is 4.26. The molecule has 0 amide bonds. The van der Waals surface area contributed by atoms with Crippen molar-refractivity contribution in [3.05, 3.63) is 64.7 Å². The molecule has 2 aromatic carbocycles. The van der Waals surface area contributed by atoms with Gasteiger partial charge in [0.15, 0.2) is 0 Å². The van der Waals surface area contributed by atoms with Crippen LogP contribution in [0.25, 0.3) is 0 Å². The molecule has 0 aromatic heterocycles. The van der Waals surface area contributed by atoms with Crippen LogP contribution in [-0.2, 0) is 12.0 Å². The van der Waals surface area contributed by atoms with Crippen molar-refractivity contribution in [1.29, 1.82) is 5.26 Å². The average Bonchev–Trinajstić information content (AvgIpc) is 2.45. The van der Waals surface area contributed by atoms with E-state index in [0.717, 1.165) is 16.9 Å². The molecule has 0 N–H and O–H groups in total. The molecule has 2 aromatic rings. The van der Waals surface area contributed by atoms with Crippen LogP contribution in [0.4, 0.5) is 0 Å². The van der Waals surface area contributed by atoms with Gasteiger partial charge in [0.25, 0.3) is 0 Å². The Morgan fingerprint density at radius 2 is 1.86 bits per heavy atom. The van der Waals surface area contributed by atoms with Crippen LogP contribution in [-0.4, -0.2) is 0 Å². The summed E-state index contributed by atoms with van der Waals surface area (Å²) in [7, 11) is 0. The van der Waals surface area contributed by atoms with Gasteiger partial charge in [0, 0.05) is 0 Å². The summed E-state index contributed by atoms with van der Waals surface area (Å²) < 4.78 is 5.88. The predicted molar refractivity (Wildman–Crippen MR) is 85.4 cm³/mol. The van der Waals surface area contributed by atoms with Crippen molar-refractivity contribution in [2.45, 2.75) is 39.7 Å². The van der Waals surface area contributed by atoms with Crippen molar-refractivity contribution in [1.82, 2.24) is 0 Å². The number of aryl methyl sites for hydroxylation is 1. The summed E-state index contributed by atoms with van der Waals surface area (Å²) >= 11 is 0. The fraction of sp³-hybridized carbons (Fsp3) is 0.316. The number of rotatable bonds is 3. The molecule has 2 nitrogen and oxygen atoms in total. The molecule has 0 heterocycles. The van der Waals surface area contributed by atoms with Gasteiger partial charge in [-0.25, -0.2) is 0 Å². The van der Waals surface area contributed by atoms with Crippen molar-refractivity contribution in [3.8, 4) is 11.8 Å². The van der Waals surface area contributed by atoms with Crippen LogP contribution in [0.1, 0.15) is 43.0 Å². The lowest BCUT2D eigenvalue weighted by atomic mass is 9.86. The molecule has 2 heteroatoms. The quantitative estimate of drug-likeness (QED) is 0.812. The minimum Gasteiger partial charge on any atom is -0.489 e. The van der Waals surface area contributed by atoms with E-state index in [2.05, 4.69) is 45.9 Å². The van der Waals surface area contributed by atoms with Gasteiger partial charge in [-0.1, -0.05) is 45.0 Å². The fourth-order valence-corrected chi connectivity index (χ4v) is 2.17. The highest BCUT2D eigenvalue weighted by Crippen LogP contribution is 2.28. The Labute approximate surface area is 127 Å². The van der Waals surface area contributed by atoms with Crippen molar-refractivity contribution in [2.75, 3.05) is 0 Å². The van der Waals surface area contributed by atoms with E-state index in [1.807, 2.05) is 24.3 Å². The van der Waals surface area contributed by atoms with Crippen LogP contribution >= 0.6 is 0 Å². The predicted octanol–water partition coefficient (Wildman–Crippen LogP) is 4.74. The molecule has 21 heavy (non-hydrogen) atoms. The summed E-state index contributed by atoms with van der Waals surface area (Å²) in [6.45, 7) is 9.16. The monoisotopic (exact) mass is 279 g/mol. The van der Waals surface area contributed by atoms with Gasteiger partial charge in [0.05, 0.1) is 11.6 Å². The normalized spacial score (nSPS) is 11.0. The van der Waals surface area contributed by atoms with Gasteiger partial charge in [-0.05, 0) is 47.2 Å². The Kier molecular flexibility index (Phi) is 4.33. The molecule has 0 bridgehead atoms. The summed E-state index contributed by atoms with van der Waals surface area (Å²) in [5.74, 6) is 0.894. The maximum atomic E-state index is 8.91. The highest BCUT2D eigenvalue weighted by atomic mass is 16.5. The second kappa shape index (κ2) is 6.01. The molecular formula is C19H21NO. The first-order chi connectivity index (χ1) is 9.90. The number of nitrogens with zero attached hydrogens (tertiary/aromatic N) is 1. The summed E-state index contributed by atoms with van der Waals surface area (Å²) in [6, 6.07) is 16.0. The maximum Gasteiger partial charge on any atom is 0.122 e. The first-order valence-electron chi connectivity index (χ1n) is 7.13. The van der Waals surface area contributed by atoms with Crippen LogP contribution < -0.4 is 4.74 Å². The number of benzene rings is 2. The van der Waals surface area contributed by atoms with Gasteiger partial charge in [-0.15, -0.1) is 0 Å². The summed E-state index contributed by atoms with van der Waals surface area (Å²) in [4.78, 5) is 0. The Morgan fingerprint density at radius 3 is 2.48 bits per heavy atom. The number of ether oxygens (including phenoxy) is 1. The SMILES string of the molecule is Cc1cc(C(C)(C)C)ccc1OCc1cccc(C#N)c1. The van der Waals surface area contributed by atoms with Gasteiger partial charge >= 0.3 is 0 Å². The minimum atomic E-state index is 0.143. The highest BCUT2D eigenvalue weighted by molar-refractivity contribution is 5.39. The van der Waals surface area contributed by atoms with E-state index >= 15 is 0 Å². The number of hydrogen-bond donors (Lipinski definition) is 0. The molecule has 108 valence electrons. The number of nitriles is 1. The molecule has 0 atom stereocenters. The smallest absolute Gasteiger partial charge is 0.122 e. The molecule has 0 aliphatic carbocycles. The molecule has 0 spiro atoms. The van der Waals surface area contributed by atoms with E-state index in [0.29, 0.717) is 12.2 Å².